The minimum absolute atomic E-state index is 0. The SMILES string of the molecule is CN=C(NCCOCCC(C)C)NCCN1CCN(c2ncccn2)CC1.I. The van der Waals surface area contributed by atoms with Crippen LogP contribution in [0.15, 0.2) is 23.5 Å². The number of ether oxygens (including phenoxy) is 1. The lowest BCUT2D eigenvalue weighted by molar-refractivity contribution is 0.128. The van der Waals surface area contributed by atoms with Gasteiger partial charge in [-0.1, -0.05) is 13.8 Å². The second kappa shape index (κ2) is 14.7. The van der Waals surface area contributed by atoms with Crippen LogP contribution in [0.3, 0.4) is 0 Å². The fraction of sp³-hybridized carbons (Fsp3) is 0.737. The quantitative estimate of drug-likeness (QED) is 0.216. The molecule has 1 aromatic heterocycles. The number of hydrogen-bond donors (Lipinski definition) is 2. The largest absolute Gasteiger partial charge is 0.380 e. The fourth-order valence-electron chi connectivity index (χ4n) is 2.84. The summed E-state index contributed by atoms with van der Waals surface area (Å²) in [6, 6.07) is 1.85. The zero-order valence-electron chi connectivity index (χ0n) is 17.4. The molecule has 2 heterocycles. The van der Waals surface area contributed by atoms with Crippen LogP contribution in [0.25, 0.3) is 0 Å². The first-order valence-corrected chi connectivity index (χ1v) is 9.95. The number of nitrogens with zero attached hydrogens (tertiary/aromatic N) is 5. The van der Waals surface area contributed by atoms with Gasteiger partial charge in [-0.3, -0.25) is 9.89 Å². The molecule has 0 aliphatic carbocycles. The summed E-state index contributed by atoms with van der Waals surface area (Å²) in [6.07, 6.45) is 4.70. The van der Waals surface area contributed by atoms with Crippen LogP contribution >= 0.6 is 24.0 Å². The molecule has 1 aromatic rings. The maximum Gasteiger partial charge on any atom is 0.225 e. The zero-order valence-corrected chi connectivity index (χ0v) is 19.8. The average Bonchev–Trinajstić information content (AvgIpc) is 2.70. The molecule has 0 bridgehead atoms. The third kappa shape index (κ3) is 9.83. The second-order valence-corrected chi connectivity index (χ2v) is 7.10. The molecule has 2 N–H and O–H groups in total. The lowest BCUT2D eigenvalue weighted by Crippen LogP contribution is -2.49. The molecule has 0 saturated carbocycles. The van der Waals surface area contributed by atoms with Crippen LogP contribution in [0.4, 0.5) is 5.95 Å². The summed E-state index contributed by atoms with van der Waals surface area (Å²) in [6.45, 7) is 12.6. The van der Waals surface area contributed by atoms with Crippen molar-refractivity contribution in [1.29, 1.82) is 0 Å². The Morgan fingerprint density at radius 2 is 1.79 bits per heavy atom. The van der Waals surface area contributed by atoms with E-state index >= 15 is 0 Å². The van der Waals surface area contributed by atoms with Gasteiger partial charge in [-0.25, -0.2) is 9.97 Å². The Labute approximate surface area is 186 Å². The molecule has 0 amide bonds. The third-order valence-electron chi connectivity index (χ3n) is 4.53. The number of rotatable bonds is 10. The summed E-state index contributed by atoms with van der Waals surface area (Å²) in [7, 11) is 1.80. The number of guanidine groups is 1. The van der Waals surface area contributed by atoms with E-state index in [-0.39, 0.29) is 24.0 Å². The van der Waals surface area contributed by atoms with Gasteiger partial charge in [0.1, 0.15) is 0 Å². The van der Waals surface area contributed by atoms with Gasteiger partial charge in [0.05, 0.1) is 6.61 Å². The number of hydrogen-bond acceptors (Lipinski definition) is 6. The topological polar surface area (TPSA) is 77.9 Å². The predicted molar refractivity (Wildman–Crippen MR) is 126 cm³/mol. The molecule has 0 spiro atoms. The number of halogens is 1. The first-order chi connectivity index (χ1) is 13.2. The van der Waals surface area contributed by atoms with E-state index in [4.69, 9.17) is 4.74 Å². The predicted octanol–water partition coefficient (Wildman–Crippen LogP) is 1.44. The van der Waals surface area contributed by atoms with Gasteiger partial charge < -0.3 is 20.3 Å². The van der Waals surface area contributed by atoms with Crippen LogP contribution in [0.5, 0.6) is 0 Å². The van der Waals surface area contributed by atoms with Crippen molar-refractivity contribution in [1.82, 2.24) is 25.5 Å². The fourth-order valence-corrected chi connectivity index (χ4v) is 2.84. The molecule has 9 heteroatoms. The highest BCUT2D eigenvalue weighted by Crippen LogP contribution is 2.08. The van der Waals surface area contributed by atoms with Crippen molar-refractivity contribution in [2.45, 2.75) is 20.3 Å². The van der Waals surface area contributed by atoms with Crippen molar-refractivity contribution in [3.63, 3.8) is 0 Å². The van der Waals surface area contributed by atoms with Gasteiger partial charge in [0, 0.05) is 71.9 Å². The molecular weight excluding hydrogens is 469 g/mol. The minimum atomic E-state index is 0. The molecule has 0 radical (unpaired) electrons. The standard InChI is InChI=1S/C19H35N7O.HI/c1-17(2)5-15-27-16-9-22-18(20-3)21-8-10-25-11-13-26(14-12-25)19-23-6-4-7-24-19;/h4,6-7,17H,5,8-16H2,1-3H3,(H2,20,21,22);1H. The Kier molecular flexibility index (Phi) is 13.1. The Morgan fingerprint density at radius 3 is 2.43 bits per heavy atom. The third-order valence-corrected chi connectivity index (χ3v) is 4.53. The first-order valence-electron chi connectivity index (χ1n) is 9.95. The Hall–Kier alpha value is -1.20. The van der Waals surface area contributed by atoms with E-state index < -0.39 is 0 Å². The van der Waals surface area contributed by atoms with Gasteiger partial charge >= 0.3 is 0 Å². The monoisotopic (exact) mass is 505 g/mol. The van der Waals surface area contributed by atoms with Crippen molar-refractivity contribution in [3.05, 3.63) is 18.5 Å². The molecule has 1 aliphatic heterocycles. The van der Waals surface area contributed by atoms with Gasteiger partial charge in [-0.15, -0.1) is 24.0 Å². The van der Waals surface area contributed by atoms with Crippen molar-refractivity contribution < 1.29 is 4.74 Å². The van der Waals surface area contributed by atoms with E-state index in [0.717, 1.165) is 70.7 Å². The van der Waals surface area contributed by atoms with Gasteiger partial charge in [0.25, 0.3) is 0 Å². The minimum Gasteiger partial charge on any atom is -0.380 e. The van der Waals surface area contributed by atoms with Crippen LogP contribution in [0, 0.1) is 5.92 Å². The molecular formula is C19H36IN7O. The smallest absolute Gasteiger partial charge is 0.225 e. The number of aromatic nitrogens is 2. The van der Waals surface area contributed by atoms with Crippen LogP contribution in [0.1, 0.15) is 20.3 Å². The molecule has 1 saturated heterocycles. The normalized spacial score (nSPS) is 15.4. The van der Waals surface area contributed by atoms with Gasteiger partial charge in [0.2, 0.25) is 5.95 Å². The maximum absolute atomic E-state index is 5.62. The van der Waals surface area contributed by atoms with Crippen LogP contribution in [-0.4, -0.2) is 86.9 Å². The van der Waals surface area contributed by atoms with E-state index in [1.807, 2.05) is 6.07 Å². The van der Waals surface area contributed by atoms with E-state index in [1.165, 1.54) is 0 Å². The van der Waals surface area contributed by atoms with E-state index in [2.05, 4.69) is 49.2 Å². The maximum atomic E-state index is 5.62. The van der Waals surface area contributed by atoms with Crippen molar-refractivity contribution in [3.8, 4) is 0 Å². The Morgan fingerprint density at radius 1 is 1.11 bits per heavy atom. The summed E-state index contributed by atoms with van der Waals surface area (Å²) in [4.78, 5) is 17.6. The number of aliphatic imine (C=N–C) groups is 1. The van der Waals surface area contributed by atoms with Crippen LogP contribution < -0.4 is 15.5 Å². The molecule has 28 heavy (non-hydrogen) atoms. The zero-order chi connectivity index (χ0) is 19.3. The lowest BCUT2D eigenvalue weighted by atomic mass is 10.1. The highest BCUT2D eigenvalue weighted by atomic mass is 127. The molecule has 160 valence electrons. The summed E-state index contributed by atoms with van der Waals surface area (Å²) < 4.78 is 5.62. The van der Waals surface area contributed by atoms with Crippen molar-refractivity contribution >= 4 is 35.9 Å². The average molecular weight is 505 g/mol. The molecule has 0 unspecified atom stereocenters. The van der Waals surface area contributed by atoms with Gasteiger partial charge in [0.15, 0.2) is 5.96 Å². The Balaban J connectivity index is 0.00000392. The summed E-state index contributed by atoms with van der Waals surface area (Å²) in [5.74, 6) is 2.35. The van der Waals surface area contributed by atoms with Gasteiger partial charge in [-0.05, 0) is 18.4 Å². The van der Waals surface area contributed by atoms with E-state index in [9.17, 15) is 0 Å². The summed E-state index contributed by atoms with van der Waals surface area (Å²) >= 11 is 0. The Bertz CT molecular complexity index is 536. The number of piperazine rings is 1. The van der Waals surface area contributed by atoms with E-state index in [1.54, 1.807) is 19.4 Å². The molecule has 1 aliphatic rings. The highest BCUT2D eigenvalue weighted by molar-refractivity contribution is 14.0. The molecule has 8 nitrogen and oxygen atoms in total. The first kappa shape index (κ1) is 24.8. The van der Waals surface area contributed by atoms with E-state index in [0.29, 0.717) is 12.5 Å². The second-order valence-electron chi connectivity index (χ2n) is 7.10. The molecule has 1 fully saturated rings. The number of nitrogens with one attached hydrogen (secondary N) is 2. The summed E-state index contributed by atoms with van der Waals surface area (Å²) in [5.41, 5.74) is 0. The van der Waals surface area contributed by atoms with Crippen LogP contribution in [-0.2, 0) is 4.74 Å². The molecule has 2 rings (SSSR count). The summed E-state index contributed by atoms with van der Waals surface area (Å²) in [5, 5.41) is 6.67. The lowest BCUT2D eigenvalue weighted by Gasteiger charge is -2.34. The number of anilines is 1. The highest BCUT2D eigenvalue weighted by Gasteiger charge is 2.18. The molecule has 0 aromatic carbocycles. The van der Waals surface area contributed by atoms with Crippen molar-refractivity contribution in [2.24, 2.45) is 10.9 Å². The van der Waals surface area contributed by atoms with Gasteiger partial charge in [-0.2, -0.15) is 0 Å². The van der Waals surface area contributed by atoms with Crippen molar-refractivity contribution in [2.75, 3.05) is 71.0 Å². The molecule has 0 atom stereocenters. The van der Waals surface area contributed by atoms with Crippen LogP contribution in [0.2, 0.25) is 0 Å².